The molecule has 0 fully saturated rings. The SMILES string of the molecule is CCc1c(O)c(C2=NS(=O)(=O)c3cc(NS(C)(=O)=O)ccc3N2)c(=O)n2cc(F)ccc12. The van der Waals surface area contributed by atoms with Gasteiger partial charge >= 0.3 is 0 Å². The summed E-state index contributed by atoms with van der Waals surface area (Å²) in [4.78, 5) is 12.7. The van der Waals surface area contributed by atoms with Crippen molar-refractivity contribution in [2.45, 2.75) is 18.2 Å². The summed E-state index contributed by atoms with van der Waals surface area (Å²) in [7, 11) is -8.02. The lowest BCUT2D eigenvalue weighted by Crippen LogP contribution is -2.31. The predicted octanol–water partition coefficient (Wildman–Crippen LogP) is 1.64. The van der Waals surface area contributed by atoms with Gasteiger partial charge in [0.2, 0.25) is 10.0 Å². The van der Waals surface area contributed by atoms with Crippen LogP contribution in [0.25, 0.3) is 5.52 Å². The molecule has 0 radical (unpaired) electrons. The van der Waals surface area contributed by atoms with Crippen LogP contribution >= 0.6 is 0 Å². The van der Waals surface area contributed by atoms with Gasteiger partial charge < -0.3 is 10.4 Å². The molecule has 0 atom stereocenters. The summed E-state index contributed by atoms with van der Waals surface area (Å²) in [5.41, 5.74) is -0.689. The van der Waals surface area contributed by atoms with Crippen LogP contribution in [0.4, 0.5) is 15.8 Å². The minimum atomic E-state index is -4.37. The maximum atomic E-state index is 13.8. The first-order valence-electron chi connectivity index (χ1n) is 9.21. The van der Waals surface area contributed by atoms with Crippen molar-refractivity contribution >= 4 is 42.8 Å². The minimum absolute atomic E-state index is 0.00708. The van der Waals surface area contributed by atoms with E-state index in [1.807, 2.05) is 0 Å². The summed E-state index contributed by atoms with van der Waals surface area (Å²) in [5.74, 6) is -1.60. The standard InChI is InChI=1S/C19H17FN4O6S2/c1-3-12-14-7-4-10(20)9-24(14)19(26)16(17(12)25)18-21-13-6-5-11(22-31(2,27)28)8-15(13)32(29,30)23-18/h4-9,22,25H,3H2,1-2H3,(H,21,23). The second-order valence-corrected chi connectivity index (χ2v) is 10.4. The molecule has 2 aromatic heterocycles. The molecule has 0 unspecified atom stereocenters. The number of amidine groups is 1. The number of pyridine rings is 2. The van der Waals surface area contributed by atoms with Gasteiger partial charge in [0.05, 0.1) is 17.5 Å². The summed E-state index contributed by atoms with van der Waals surface area (Å²) in [6.07, 6.45) is 2.12. The Balaban J connectivity index is 1.93. The molecule has 0 spiro atoms. The lowest BCUT2D eigenvalue weighted by molar-refractivity contribution is 0.466. The molecule has 0 aliphatic carbocycles. The molecular formula is C19H17FN4O6S2. The Morgan fingerprint density at radius 2 is 1.97 bits per heavy atom. The molecule has 0 bridgehead atoms. The van der Waals surface area contributed by atoms with E-state index in [9.17, 15) is 31.1 Å². The molecule has 1 aliphatic heterocycles. The average Bonchev–Trinajstić information content (AvgIpc) is 2.68. The Kier molecular flexibility index (Phi) is 4.97. The van der Waals surface area contributed by atoms with Crippen LogP contribution in [0.15, 0.2) is 50.6 Å². The van der Waals surface area contributed by atoms with Gasteiger partial charge in [-0.05, 0) is 36.8 Å². The van der Waals surface area contributed by atoms with Crippen LogP contribution in [0.1, 0.15) is 18.1 Å². The van der Waals surface area contributed by atoms with E-state index in [1.165, 1.54) is 18.2 Å². The average molecular weight is 480 g/mol. The van der Waals surface area contributed by atoms with Crippen molar-refractivity contribution in [1.82, 2.24) is 4.40 Å². The molecule has 13 heteroatoms. The van der Waals surface area contributed by atoms with Crippen LogP contribution in [0.5, 0.6) is 5.75 Å². The van der Waals surface area contributed by atoms with Crippen LogP contribution in [-0.2, 0) is 26.5 Å². The van der Waals surface area contributed by atoms with Crippen LogP contribution in [0.2, 0.25) is 0 Å². The molecule has 3 N–H and O–H groups in total. The molecule has 10 nitrogen and oxygen atoms in total. The third-order valence-electron chi connectivity index (χ3n) is 4.79. The van der Waals surface area contributed by atoms with E-state index in [0.717, 1.165) is 29.0 Å². The first-order chi connectivity index (χ1) is 14.9. The first kappa shape index (κ1) is 21.8. The number of aromatic nitrogens is 1. The smallest absolute Gasteiger partial charge is 0.286 e. The molecule has 0 amide bonds. The fraction of sp³-hybridized carbons (Fsp3) is 0.158. The number of anilines is 2. The number of aryl methyl sites for hydroxylation is 1. The van der Waals surface area contributed by atoms with Crippen LogP contribution in [0.3, 0.4) is 0 Å². The third kappa shape index (κ3) is 3.69. The monoisotopic (exact) mass is 480 g/mol. The zero-order valence-electron chi connectivity index (χ0n) is 16.7. The number of nitrogens with zero attached hydrogens (tertiary/aromatic N) is 2. The van der Waals surface area contributed by atoms with Gasteiger partial charge in [0.1, 0.15) is 22.0 Å². The number of aromatic hydroxyl groups is 1. The number of hydrogen-bond donors (Lipinski definition) is 3. The third-order valence-corrected chi connectivity index (χ3v) is 6.72. The van der Waals surface area contributed by atoms with E-state index in [4.69, 9.17) is 0 Å². The summed E-state index contributed by atoms with van der Waals surface area (Å²) < 4.78 is 69.1. The van der Waals surface area contributed by atoms with Gasteiger partial charge in [-0.25, -0.2) is 12.8 Å². The van der Waals surface area contributed by atoms with E-state index >= 15 is 0 Å². The van der Waals surface area contributed by atoms with Gasteiger partial charge in [0.25, 0.3) is 15.6 Å². The quantitative estimate of drug-likeness (QED) is 0.514. The van der Waals surface area contributed by atoms with Crippen molar-refractivity contribution < 1.29 is 26.3 Å². The Morgan fingerprint density at radius 3 is 2.62 bits per heavy atom. The Bertz CT molecular complexity index is 1590. The highest BCUT2D eigenvalue weighted by molar-refractivity contribution is 7.92. The molecule has 4 rings (SSSR count). The number of fused-ring (bicyclic) bond motifs is 2. The Hall–Kier alpha value is -3.45. The molecular weight excluding hydrogens is 463 g/mol. The van der Waals surface area contributed by atoms with E-state index in [-0.39, 0.29) is 28.2 Å². The largest absolute Gasteiger partial charge is 0.507 e. The highest BCUT2D eigenvalue weighted by atomic mass is 32.2. The molecule has 32 heavy (non-hydrogen) atoms. The number of hydrogen-bond acceptors (Lipinski definition) is 7. The van der Waals surface area contributed by atoms with Gasteiger partial charge in [0.15, 0.2) is 5.84 Å². The highest BCUT2D eigenvalue weighted by Gasteiger charge is 2.30. The number of benzene rings is 1. The van der Waals surface area contributed by atoms with Gasteiger partial charge in [-0.1, -0.05) is 6.92 Å². The summed E-state index contributed by atoms with van der Waals surface area (Å²) in [5, 5.41) is 13.5. The van der Waals surface area contributed by atoms with Crippen LogP contribution in [0, 0.1) is 5.82 Å². The predicted molar refractivity (Wildman–Crippen MR) is 117 cm³/mol. The summed E-state index contributed by atoms with van der Waals surface area (Å²) >= 11 is 0. The highest BCUT2D eigenvalue weighted by Crippen LogP contribution is 2.33. The summed E-state index contributed by atoms with van der Waals surface area (Å²) in [6.45, 7) is 1.71. The second kappa shape index (κ2) is 7.31. The van der Waals surface area contributed by atoms with Crippen molar-refractivity contribution in [2.75, 3.05) is 16.3 Å². The van der Waals surface area contributed by atoms with Crippen LogP contribution in [-0.4, -0.2) is 38.4 Å². The van der Waals surface area contributed by atoms with Gasteiger partial charge in [-0.15, -0.1) is 4.40 Å². The van der Waals surface area contributed by atoms with Crippen molar-refractivity contribution in [3.63, 3.8) is 0 Å². The normalized spacial score (nSPS) is 15.0. The van der Waals surface area contributed by atoms with E-state index in [1.54, 1.807) is 6.92 Å². The second-order valence-electron chi connectivity index (χ2n) is 7.09. The summed E-state index contributed by atoms with van der Waals surface area (Å²) in [6, 6.07) is 6.19. The molecule has 168 valence electrons. The maximum absolute atomic E-state index is 13.8. The van der Waals surface area contributed by atoms with Crippen LogP contribution < -0.4 is 15.6 Å². The number of nitrogens with one attached hydrogen (secondary N) is 2. The van der Waals surface area contributed by atoms with Gasteiger partial charge in [0, 0.05) is 17.4 Å². The van der Waals surface area contributed by atoms with E-state index in [0.29, 0.717) is 5.56 Å². The zero-order valence-corrected chi connectivity index (χ0v) is 18.4. The number of halogens is 1. The maximum Gasteiger partial charge on any atom is 0.286 e. The molecule has 1 aromatic carbocycles. The van der Waals surface area contributed by atoms with Gasteiger partial charge in [-0.2, -0.15) is 8.42 Å². The van der Waals surface area contributed by atoms with Crippen molar-refractivity contribution in [1.29, 1.82) is 0 Å². The molecule has 0 saturated heterocycles. The topological polar surface area (TPSA) is 146 Å². The van der Waals surface area contributed by atoms with Gasteiger partial charge in [-0.3, -0.25) is 13.9 Å². The molecule has 0 saturated carbocycles. The van der Waals surface area contributed by atoms with Crippen molar-refractivity contribution in [3.8, 4) is 5.75 Å². The number of rotatable bonds is 4. The fourth-order valence-corrected chi connectivity index (χ4v) is 5.19. The van der Waals surface area contributed by atoms with Crippen molar-refractivity contribution in [3.05, 3.63) is 63.8 Å². The Labute approximate surface area is 182 Å². The molecule has 3 heterocycles. The lowest BCUT2D eigenvalue weighted by Gasteiger charge is -2.21. The van der Waals surface area contributed by atoms with Crippen molar-refractivity contribution in [2.24, 2.45) is 4.40 Å². The lowest BCUT2D eigenvalue weighted by atomic mass is 10.1. The zero-order chi connectivity index (χ0) is 23.4. The molecule has 3 aromatic rings. The van der Waals surface area contributed by atoms with E-state index < -0.39 is 48.6 Å². The minimum Gasteiger partial charge on any atom is -0.507 e. The number of sulfonamides is 2. The first-order valence-corrected chi connectivity index (χ1v) is 12.5. The van der Waals surface area contributed by atoms with E-state index in [2.05, 4.69) is 14.4 Å². The molecule has 1 aliphatic rings. The Morgan fingerprint density at radius 1 is 1.25 bits per heavy atom. The fourth-order valence-electron chi connectivity index (χ4n) is 3.49.